The molecular formula is C17H26N3O2S+. The SMILES string of the molecule is CC[NH+](CC)CCCNC(=O)CC1Sc2ccccc2NC1=O. The zero-order valence-electron chi connectivity index (χ0n) is 13.9. The monoisotopic (exact) mass is 336 g/mol. The quantitative estimate of drug-likeness (QED) is 0.619. The topological polar surface area (TPSA) is 62.6 Å². The third-order valence-electron chi connectivity index (χ3n) is 4.11. The molecule has 1 aliphatic rings. The van der Waals surface area contributed by atoms with E-state index < -0.39 is 0 Å². The first-order valence-corrected chi connectivity index (χ1v) is 9.18. The van der Waals surface area contributed by atoms with Crippen molar-refractivity contribution in [3.8, 4) is 0 Å². The fourth-order valence-corrected chi connectivity index (χ4v) is 3.75. The zero-order chi connectivity index (χ0) is 16.7. The Hall–Kier alpha value is -1.53. The molecule has 23 heavy (non-hydrogen) atoms. The van der Waals surface area contributed by atoms with E-state index in [2.05, 4.69) is 24.5 Å². The Kier molecular flexibility index (Phi) is 6.92. The fraction of sp³-hybridized carbons (Fsp3) is 0.529. The van der Waals surface area contributed by atoms with Crippen LogP contribution in [-0.2, 0) is 9.59 Å². The average Bonchev–Trinajstić information content (AvgIpc) is 2.55. The molecule has 2 rings (SSSR count). The maximum Gasteiger partial charge on any atom is 0.238 e. The van der Waals surface area contributed by atoms with Gasteiger partial charge in [0.15, 0.2) is 0 Å². The Morgan fingerprint density at radius 3 is 2.78 bits per heavy atom. The van der Waals surface area contributed by atoms with Gasteiger partial charge in [0.05, 0.1) is 30.6 Å². The summed E-state index contributed by atoms with van der Waals surface area (Å²) in [5.41, 5.74) is 0.835. The second-order valence-electron chi connectivity index (χ2n) is 5.71. The van der Waals surface area contributed by atoms with Gasteiger partial charge in [-0.15, -0.1) is 11.8 Å². The standard InChI is InChI=1S/C17H25N3O2S/c1-3-20(4-2)11-7-10-18-16(21)12-15-17(22)19-13-8-5-6-9-14(13)23-15/h5-6,8-9,15H,3-4,7,10-12H2,1-2H3,(H,18,21)(H,19,22)/p+1. The first-order chi connectivity index (χ1) is 11.1. The van der Waals surface area contributed by atoms with Crippen molar-refractivity contribution in [1.29, 1.82) is 0 Å². The van der Waals surface area contributed by atoms with Crippen molar-refractivity contribution < 1.29 is 14.5 Å². The lowest BCUT2D eigenvalue weighted by Gasteiger charge is -2.23. The minimum Gasteiger partial charge on any atom is -0.356 e. The van der Waals surface area contributed by atoms with E-state index >= 15 is 0 Å². The van der Waals surface area contributed by atoms with Crippen LogP contribution in [0.3, 0.4) is 0 Å². The molecule has 0 aromatic heterocycles. The number of para-hydroxylation sites is 1. The van der Waals surface area contributed by atoms with Gasteiger partial charge in [0.2, 0.25) is 11.8 Å². The number of amides is 2. The van der Waals surface area contributed by atoms with Crippen LogP contribution in [0, 0.1) is 0 Å². The summed E-state index contributed by atoms with van der Waals surface area (Å²) in [7, 11) is 0. The van der Waals surface area contributed by atoms with Crippen LogP contribution < -0.4 is 15.5 Å². The molecule has 1 heterocycles. The van der Waals surface area contributed by atoms with E-state index in [4.69, 9.17) is 0 Å². The first-order valence-electron chi connectivity index (χ1n) is 8.30. The summed E-state index contributed by atoms with van der Waals surface area (Å²) in [6.07, 6.45) is 1.19. The molecule has 1 aromatic rings. The largest absolute Gasteiger partial charge is 0.356 e. The summed E-state index contributed by atoms with van der Waals surface area (Å²) in [5.74, 6) is -0.136. The van der Waals surface area contributed by atoms with Crippen molar-refractivity contribution in [2.75, 3.05) is 31.5 Å². The first kappa shape index (κ1) is 17.8. The Labute approximate surface area is 142 Å². The number of thioether (sulfide) groups is 1. The summed E-state index contributed by atoms with van der Waals surface area (Å²) in [5, 5.41) is 5.45. The van der Waals surface area contributed by atoms with Gasteiger partial charge < -0.3 is 15.5 Å². The van der Waals surface area contributed by atoms with Crippen LogP contribution in [0.1, 0.15) is 26.7 Å². The summed E-state index contributed by atoms with van der Waals surface area (Å²) >= 11 is 1.47. The van der Waals surface area contributed by atoms with E-state index in [1.165, 1.54) is 16.7 Å². The molecule has 1 aromatic carbocycles. The van der Waals surface area contributed by atoms with Gasteiger partial charge >= 0.3 is 0 Å². The summed E-state index contributed by atoms with van der Waals surface area (Å²) in [4.78, 5) is 26.7. The average molecular weight is 336 g/mol. The number of quaternary nitrogens is 1. The highest BCUT2D eigenvalue weighted by Gasteiger charge is 2.28. The number of nitrogens with one attached hydrogen (secondary N) is 3. The Bertz CT molecular complexity index is 546. The molecule has 126 valence electrons. The Morgan fingerprint density at radius 2 is 2.04 bits per heavy atom. The maximum atomic E-state index is 12.1. The van der Waals surface area contributed by atoms with Gasteiger partial charge in [-0.3, -0.25) is 9.59 Å². The van der Waals surface area contributed by atoms with Crippen LogP contribution >= 0.6 is 11.8 Å². The van der Waals surface area contributed by atoms with Crippen molar-refractivity contribution >= 4 is 29.3 Å². The number of carbonyl (C=O) groups is 2. The number of carbonyl (C=O) groups excluding carboxylic acids is 2. The zero-order valence-corrected chi connectivity index (χ0v) is 14.7. The van der Waals surface area contributed by atoms with Crippen molar-refractivity contribution in [2.24, 2.45) is 0 Å². The van der Waals surface area contributed by atoms with E-state index in [9.17, 15) is 9.59 Å². The van der Waals surface area contributed by atoms with Crippen molar-refractivity contribution in [1.82, 2.24) is 5.32 Å². The fourth-order valence-electron chi connectivity index (χ4n) is 2.64. The van der Waals surface area contributed by atoms with Crippen molar-refractivity contribution in [3.05, 3.63) is 24.3 Å². The molecule has 3 N–H and O–H groups in total. The molecule has 2 amide bonds. The number of benzene rings is 1. The third-order valence-corrected chi connectivity index (χ3v) is 5.38. The van der Waals surface area contributed by atoms with Crippen LogP contribution in [-0.4, -0.2) is 43.2 Å². The molecular weight excluding hydrogens is 310 g/mol. The molecule has 1 unspecified atom stereocenters. The lowest BCUT2D eigenvalue weighted by molar-refractivity contribution is -0.896. The Morgan fingerprint density at radius 1 is 1.30 bits per heavy atom. The van der Waals surface area contributed by atoms with Crippen molar-refractivity contribution in [3.63, 3.8) is 0 Å². The van der Waals surface area contributed by atoms with Gasteiger partial charge in [0, 0.05) is 24.3 Å². The number of rotatable bonds is 8. The summed E-state index contributed by atoms with van der Waals surface area (Å²) in [6, 6.07) is 7.68. The second kappa shape index (κ2) is 8.93. The van der Waals surface area contributed by atoms with Gasteiger partial charge in [-0.25, -0.2) is 0 Å². The van der Waals surface area contributed by atoms with Gasteiger partial charge in [0.25, 0.3) is 0 Å². The van der Waals surface area contributed by atoms with E-state index in [0.29, 0.717) is 6.54 Å². The van der Waals surface area contributed by atoms with Crippen molar-refractivity contribution in [2.45, 2.75) is 36.8 Å². The highest BCUT2D eigenvalue weighted by molar-refractivity contribution is 8.01. The minimum absolute atomic E-state index is 0.0495. The summed E-state index contributed by atoms with van der Waals surface area (Å²) < 4.78 is 0. The highest BCUT2D eigenvalue weighted by Crippen LogP contribution is 2.36. The van der Waals surface area contributed by atoms with Gasteiger partial charge in [-0.2, -0.15) is 0 Å². The van der Waals surface area contributed by atoms with E-state index in [-0.39, 0.29) is 23.5 Å². The van der Waals surface area contributed by atoms with Gasteiger partial charge in [0.1, 0.15) is 0 Å². The van der Waals surface area contributed by atoms with Gasteiger partial charge in [-0.05, 0) is 26.0 Å². The molecule has 0 fully saturated rings. The highest BCUT2D eigenvalue weighted by atomic mass is 32.2. The summed E-state index contributed by atoms with van der Waals surface area (Å²) in [6.45, 7) is 8.32. The van der Waals surface area contributed by atoms with Crippen LogP contribution in [0.5, 0.6) is 0 Å². The molecule has 5 nitrogen and oxygen atoms in total. The lowest BCUT2D eigenvalue weighted by Crippen LogP contribution is -3.11. The smallest absolute Gasteiger partial charge is 0.238 e. The molecule has 0 bridgehead atoms. The predicted octanol–water partition coefficient (Wildman–Crippen LogP) is 0.920. The molecule has 1 aliphatic heterocycles. The normalized spacial score (nSPS) is 16.8. The molecule has 0 aliphatic carbocycles. The number of fused-ring (bicyclic) bond motifs is 1. The van der Waals surface area contributed by atoms with E-state index in [1.54, 1.807) is 0 Å². The van der Waals surface area contributed by atoms with Crippen LogP contribution in [0.25, 0.3) is 0 Å². The molecule has 1 atom stereocenters. The number of hydrogen-bond donors (Lipinski definition) is 3. The third kappa shape index (κ3) is 5.25. The second-order valence-corrected chi connectivity index (χ2v) is 6.95. The van der Waals surface area contributed by atoms with E-state index in [0.717, 1.165) is 36.6 Å². The van der Waals surface area contributed by atoms with Crippen LogP contribution in [0.2, 0.25) is 0 Å². The lowest BCUT2D eigenvalue weighted by atomic mass is 10.2. The van der Waals surface area contributed by atoms with Gasteiger partial charge in [-0.1, -0.05) is 12.1 Å². The minimum atomic E-state index is -0.349. The Balaban J connectivity index is 1.74. The molecule has 0 radical (unpaired) electrons. The van der Waals surface area contributed by atoms with Crippen LogP contribution in [0.4, 0.5) is 5.69 Å². The predicted molar refractivity (Wildman–Crippen MR) is 93.9 cm³/mol. The molecule has 0 saturated carbocycles. The number of hydrogen-bond acceptors (Lipinski definition) is 3. The maximum absolute atomic E-state index is 12.1. The molecule has 0 spiro atoms. The van der Waals surface area contributed by atoms with E-state index in [1.807, 2.05) is 24.3 Å². The molecule has 6 heteroatoms. The number of anilines is 1. The molecule has 0 saturated heterocycles. The van der Waals surface area contributed by atoms with Crippen LogP contribution in [0.15, 0.2) is 29.2 Å².